The van der Waals surface area contributed by atoms with E-state index in [9.17, 15) is 0 Å². The number of aromatic nitrogens is 3. The highest BCUT2D eigenvalue weighted by Gasteiger charge is 2.17. The molecule has 0 bridgehead atoms. The van der Waals surface area contributed by atoms with Crippen molar-refractivity contribution in [3.63, 3.8) is 0 Å². The van der Waals surface area contributed by atoms with Crippen LogP contribution in [0, 0.1) is 20.8 Å². The first-order valence-electron chi connectivity index (χ1n) is 9.16. The van der Waals surface area contributed by atoms with E-state index in [2.05, 4.69) is 82.0 Å². The van der Waals surface area contributed by atoms with Crippen LogP contribution in [0.5, 0.6) is 0 Å². The maximum atomic E-state index is 4.82. The molecule has 0 atom stereocenters. The molecular weight excluding hydrogens is 322 g/mol. The molecule has 0 N–H and O–H groups in total. The van der Waals surface area contributed by atoms with Gasteiger partial charge in [0.25, 0.3) is 0 Å². The molecule has 2 heterocycles. The number of rotatable bonds is 6. The molecule has 0 radical (unpaired) electrons. The van der Waals surface area contributed by atoms with Gasteiger partial charge < -0.3 is 9.80 Å². The Bertz CT molecular complexity index is 893. The summed E-state index contributed by atoms with van der Waals surface area (Å²) in [6.07, 6.45) is 1.11. The predicted molar refractivity (Wildman–Crippen MR) is 109 cm³/mol. The highest BCUT2D eigenvalue weighted by molar-refractivity contribution is 5.81. The molecule has 3 rings (SSSR count). The van der Waals surface area contributed by atoms with Crippen LogP contribution in [0.15, 0.2) is 30.3 Å². The number of fused-ring (bicyclic) bond motifs is 1. The Morgan fingerprint density at radius 3 is 2.31 bits per heavy atom. The summed E-state index contributed by atoms with van der Waals surface area (Å²) < 4.78 is 1.99. The largest absolute Gasteiger partial charge is 0.359 e. The lowest BCUT2D eigenvalue weighted by Crippen LogP contribution is -2.25. The van der Waals surface area contributed by atoms with Crippen molar-refractivity contribution in [2.24, 2.45) is 0 Å². The van der Waals surface area contributed by atoms with E-state index >= 15 is 0 Å². The van der Waals surface area contributed by atoms with E-state index in [1.165, 1.54) is 11.1 Å². The fraction of sp³-hybridized carbons (Fsp3) is 0.429. The first-order valence-corrected chi connectivity index (χ1v) is 9.16. The zero-order chi connectivity index (χ0) is 18.8. The van der Waals surface area contributed by atoms with Crippen LogP contribution in [-0.4, -0.2) is 53.7 Å². The predicted octanol–water partition coefficient (Wildman–Crippen LogP) is 3.71. The first-order chi connectivity index (χ1) is 12.4. The Morgan fingerprint density at radius 2 is 1.65 bits per heavy atom. The SMILES string of the molecule is Cc1ccc(-c2c(C)nn3c(N(C)CCCN(C)C)cc(C)nc23)cc1. The van der Waals surface area contributed by atoms with Gasteiger partial charge in [-0.15, -0.1) is 0 Å². The van der Waals surface area contributed by atoms with Crippen LogP contribution >= 0.6 is 0 Å². The van der Waals surface area contributed by atoms with Gasteiger partial charge in [0.1, 0.15) is 5.82 Å². The van der Waals surface area contributed by atoms with Gasteiger partial charge in [0.15, 0.2) is 5.65 Å². The van der Waals surface area contributed by atoms with Gasteiger partial charge >= 0.3 is 0 Å². The monoisotopic (exact) mass is 351 g/mol. The van der Waals surface area contributed by atoms with Crippen molar-refractivity contribution in [2.45, 2.75) is 27.2 Å². The molecule has 26 heavy (non-hydrogen) atoms. The summed E-state index contributed by atoms with van der Waals surface area (Å²) in [5, 5.41) is 4.82. The van der Waals surface area contributed by atoms with Gasteiger partial charge in [0, 0.05) is 30.9 Å². The molecule has 0 saturated heterocycles. The lowest BCUT2D eigenvalue weighted by Gasteiger charge is -2.21. The lowest BCUT2D eigenvalue weighted by atomic mass is 10.0. The smallest absolute Gasteiger partial charge is 0.165 e. The van der Waals surface area contributed by atoms with Gasteiger partial charge in [-0.1, -0.05) is 29.8 Å². The molecule has 5 heteroatoms. The van der Waals surface area contributed by atoms with Crippen molar-refractivity contribution in [2.75, 3.05) is 39.1 Å². The van der Waals surface area contributed by atoms with E-state index in [1.54, 1.807) is 0 Å². The van der Waals surface area contributed by atoms with E-state index in [0.29, 0.717) is 0 Å². The van der Waals surface area contributed by atoms with Crippen molar-refractivity contribution in [3.05, 3.63) is 47.3 Å². The molecule has 0 spiro atoms. The molecule has 3 aromatic rings. The fourth-order valence-corrected chi connectivity index (χ4v) is 3.29. The van der Waals surface area contributed by atoms with Gasteiger partial charge in [-0.25, -0.2) is 4.98 Å². The topological polar surface area (TPSA) is 36.7 Å². The van der Waals surface area contributed by atoms with Gasteiger partial charge in [-0.3, -0.25) is 0 Å². The quantitative estimate of drug-likeness (QED) is 0.678. The first kappa shape index (κ1) is 18.4. The Morgan fingerprint density at radius 1 is 0.962 bits per heavy atom. The number of anilines is 1. The van der Waals surface area contributed by atoms with Crippen molar-refractivity contribution in [1.29, 1.82) is 0 Å². The van der Waals surface area contributed by atoms with Crippen molar-refractivity contribution in [3.8, 4) is 11.1 Å². The van der Waals surface area contributed by atoms with Gasteiger partial charge in [-0.2, -0.15) is 9.61 Å². The Hall–Kier alpha value is -2.40. The van der Waals surface area contributed by atoms with Gasteiger partial charge in [-0.05, 0) is 53.4 Å². The molecule has 0 unspecified atom stereocenters. The molecule has 0 aliphatic rings. The van der Waals surface area contributed by atoms with E-state index in [0.717, 1.165) is 47.9 Å². The second-order valence-corrected chi connectivity index (χ2v) is 7.40. The van der Waals surface area contributed by atoms with E-state index in [1.807, 2.05) is 4.52 Å². The Balaban J connectivity index is 2.04. The normalized spacial score (nSPS) is 11.5. The summed E-state index contributed by atoms with van der Waals surface area (Å²) >= 11 is 0. The third-order valence-corrected chi connectivity index (χ3v) is 4.70. The molecule has 1 aromatic carbocycles. The highest BCUT2D eigenvalue weighted by Crippen LogP contribution is 2.30. The lowest BCUT2D eigenvalue weighted by molar-refractivity contribution is 0.401. The second kappa shape index (κ2) is 7.46. The summed E-state index contributed by atoms with van der Waals surface area (Å²) in [6, 6.07) is 10.7. The zero-order valence-corrected chi connectivity index (χ0v) is 16.7. The number of hydrogen-bond acceptors (Lipinski definition) is 4. The third kappa shape index (κ3) is 3.73. The van der Waals surface area contributed by atoms with Crippen LogP contribution < -0.4 is 4.90 Å². The summed E-state index contributed by atoms with van der Waals surface area (Å²) in [7, 11) is 6.35. The maximum Gasteiger partial charge on any atom is 0.165 e. The fourth-order valence-electron chi connectivity index (χ4n) is 3.29. The van der Waals surface area contributed by atoms with Gasteiger partial charge in [0.2, 0.25) is 0 Å². The van der Waals surface area contributed by atoms with E-state index in [4.69, 9.17) is 10.1 Å². The molecule has 5 nitrogen and oxygen atoms in total. The summed E-state index contributed by atoms with van der Waals surface area (Å²) in [5.74, 6) is 1.09. The minimum Gasteiger partial charge on any atom is -0.359 e. The Kier molecular flexibility index (Phi) is 5.28. The van der Waals surface area contributed by atoms with Crippen molar-refractivity contribution in [1.82, 2.24) is 19.5 Å². The van der Waals surface area contributed by atoms with Crippen molar-refractivity contribution >= 4 is 11.5 Å². The van der Waals surface area contributed by atoms with Crippen LogP contribution in [-0.2, 0) is 0 Å². The molecule has 138 valence electrons. The van der Waals surface area contributed by atoms with Gasteiger partial charge in [0.05, 0.1) is 5.69 Å². The maximum absolute atomic E-state index is 4.82. The molecule has 2 aromatic heterocycles. The van der Waals surface area contributed by atoms with Crippen molar-refractivity contribution < 1.29 is 0 Å². The number of benzene rings is 1. The second-order valence-electron chi connectivity index (χ2n) is 7.40. The minimum atomic E-state index is 0.931. The molecule has 0 saturated carbocycles. The Labute approximate surface area is 156 Å². The van der Waals surface area contributed by atoms with Crippen LogP contribution in [0.4, 0.5) is 5.82 Å². The molecule has 0 aliphatic heterocycles. The standard InChI is InChI=1S/C21H29N5/c1-15-8-10-18(11-9-15)20-17(3)23-26-19(14-16(2)22-21(20)26)25(6)13-7-12-24(4)5/h8-11,14H,7,12-13H2,1-6H3. The van der Waals surface area contributed by atoms with E-state index < -0.39 is 0 Å². The van der Waals surface area contributed by atoms with E-state index in [-0.39, 0.29) is 0 Å². The van der Waals surface area contributed by atoms with Crippen LogP contribution in [0.25, 0.3) is 16.8 Å². The van der Waals surface area contributed by atoms with Crippen LogP contribution in [0.1, 0.15) is 23.4 Å². The third-order valence-electron chi connectivity index (χ3n) is 4.70. The number of hydrogen-bond donors (Lipinski definition) is 0. The molecular formula is C21H29N5. The molecule has 0 aliphatic carbocycles. The summed E-state index contributed by atoms with van der Waals surface area (Å²) in [5.41, 5.74) is 6.50. The zero-order valence-electron chi connectivity index (χ0n) is 16.7. The minimum absolute atomic E-state index is 0.931. The highest BCUT2D eigenvalue weighted by atomic mass is 15.3. The number of aryl methyl sites for hydroxylation is 3. The number of nitrogens with zero attached hydrogens (tertiary/aromatic N) is 5. The van der Waals surface area contributed by atoms with Crippen LogP contribution in [0.3, 0.4) is 0 Å². The summed E-state index contributed by atoms with van der Waals surface area (Å²) in [6.45, 7) is 8.28. The average Bonchev–Trinajstić information content (AvgIpc) is 2.90. The van der Waals surface area contributed by atoms with Crippen LogP contribution in [0.2, 0.25) is 0 Å². The molecule has 0 fully saturated rings. The average molecular weight is 351 g/mol. The molecule has 0 amide bonds. The summed E-state index contributed by atoms with van der Waals surface area (Å²) in [4.78, 5) is 9.30.